The third-order valence-electron chi connectivity index (χ3n) is 4.98. The van der Waals surface area contributed by atoms with Crippen LogP contribution in [0.25, 0.3) is 0 Å². The second-order valence-corrected chi connectivity index (χ2v) is 8.20. The summed E-state index contributed by atoms with van der Waals surface area (Å²) in [5, 5.41) is 9.18. The monoisotopic (exact) mass is 397 g/mol. The van der Waals surface area contributed by atoms with Crippen molar-refractivity contribution in [1.29, 1.82) is 0 Å². The smallest absolute Gasteiger partial charge is 0.251 e. The fourth-order valence-corrected chi connectivity index (χ4v) is 4.11. The maximum Gasteiger partial charge on any atom is 0.251 e. The molecule has 0 saturated carbocycles. The van der Waals surface area contributed by atoms with E-state index in [1.54, 1.807) is 23.9 Å². The molecule has 148 valence electrons. The molecule has 1 heterocycles. The fraction of sp³-hybridized carbons (Fsp3) is 0.364. The average Bonchev–Trinajstić information content (AvgIpc) is 2.69. The Bertz CT molecular complexity index is 869. The average molecular weight is 398 g/mol. The van der Waals surface area contributed by atoms with E-state index in [1.807, 2.05) is 32.0 Å². The van der Waals surface area contributed by atoms with E-state index in [0.717, 1.165) is 17.9 Å². The molecule has 1 aliphatic rings. The van der Waals surface area contributed by atoms with Crippen molar-refractivity contribution >= 4 is 35.0 Å². The lowest BCUT2D eigenvalue weighted by atomic mass is 10.1. The number of carbonyl (C=O) groups is 2. The first-order valence-electron chi connectivity index (χ1n) is 9.62. The van der Waals surface area contributed by atoms with Gasteiger partial charge in [-0.05, 0) is 49.6 Å². The molecular weight excluding hydrogens is 370 g/mol. The van der Waals surface area contributed by atoms with Crippen molar-refractivity contribution in [3.63, 3.8) is 0 Å². The number of nitrogens with one attached hydrogen (secondary N) is 3. The highest BCUT2D eigenvalue weighted by Crippen LogP contribution is 2.29. The molecule has 0 aliphatic carbocycles. The van der Waals surface area contributed by atoms with E-state index in [4.69, 9.17) is 0 Å². The second kappa shape index (κ2) is 9.15. The Labute approximate surface area is 170 Å². The summed E-state index contributed by atoms with van der Waals surface area (Å²) in [6.07, 6.45) is 0.872. The molecule has 0 radical (unpaired) electrons. The minimum Gasteiger partial charge on any atom is -0.371 e. The highest BCUT2D eigenvalue weighted by molar-refractivity contribution is 7.98. The Morgan fingerprint density at radius 2 is 2.00 bits per heavy atom. The first-order valence-corrected chi connectivity index (χ1v) is 10.8. The van der Waals surface area contributed by atoms with Crippen LogP contribution in [0.1, 0.15) is 41.8 Å². The van der Waals surface area contributed by atoms with Crippen molar-refractivity contribution in [3.05, 3.63) is 59.2 Å². The van der Waals surface area contributed by atoms with Gasteiger partial charge in [0, 0.05) is 23.1 Å². The first-order chi connectivity index (χ1) is 13.5. The summed E-state index contributed by atoms with van der Waals surface area (Å²) in [6.45, 7) is 6.10. The van der Waals surface area contributed by atoms with Crippen LogP contribution >= 0.6 is 11.8 Å². The van der Waals surface area contributed by atoms with Crippen LogP contribution in [0.5, 0.6) is 0 Å². The molecule has 5 nitrogen and oxygen atoms in total. The van der Waals surface area contributed by atoms with Gasteiger partial charge in [0.15, 0.2) is 0 Å². The van der Waals surface area contributed by atoms with Crippen molar-refractivity contribution in [2.75, 3.05) is 16.4 Å². The zero-order valence-corrected chi connectivity index (χ0v) is 17.4. The molecular formula is C22H27N3O2S. The van der Waals surface area contributed by atoms with Gasteiger partial charge in [-0.2, -0.15) is 11.8 Å². The Balaban J connectivity index is 1.61. The zero-order valence-electron chi connectivity index (χ0n) is 16.5. The topological polar surface area (TPSA) is 70.2 Å². The molecule has 0 saturated heterocycles. The van der Waals surface area contributed by atoms with Gasteiger partial charge in [0.25, 0.3) is 5.91 Å². The van der Waals surface area contributed by atoms with Gasteiger partial charge in [-0.3, -0.25) is 9.59 Å². The van der Waals surface area contributed by atoms with Crippen molar-refractivity contribution in [1.82, 2.24) is 5.32 Å². The van der Waals surface area contributed by atoms with Gasteiger partial charge in [-0.25, -0.2) is 0 Å². The summed E-state index contributed by atoms with van der Waals surface area (Å²) in [6, 6.07) is 13.5. The number of aryl methyl sites for hydroxylation is 1. The van der Waals surface area contributed by atoms with Gasteiger partial charge in [0.1, 0.15) is 6.04 Å². The van der Waals surface area contributed by atoms with Crippen LogP contribution in [-0.4, -0.2) is 29.7 Å². The summed E-state index contributed by atoms with van der Waals surface area (Å²) in [4.78, 5) is 24.8. The maximum absolute atomic E-state index is 12.5. The summed E-state index contributed by atoms with van der Waals surface area (Å²) in [7, 11) is 0. The molecule has 28 heavy (non-hydrogen) atoms. The molecule has 3 N–H and O–H groups in total. The van der Waals surface area contributed by atoms with Crippen LogP contribution in [0.3, 0.4) is 0 Å². The van der Waals surface area contributed by atoms with Crippen LogP contribution in [-0.2, 0) is 10.5 Å². The fourth-order valence-electron chi connectivity index (χ4n) is 2.97. The van der Waals surface area contributed by atoms with Gasteiger partial charge in [0.05, 0.1) is 11.4 Å². The third-order valence-corrected chi connectivity index (χ3v) is 6.06. The van der Waals surface area contributed by atoms with Crippen molar-refractivity contribution in [3.8, 4) is 0 Å². The summed E-state index contributed by atoms with van der Waals surface area (Å²) < 4.78 is 0. The van der Waals surface area contributed by atoms with E-state index < -0.39 is 0 Å². The molecule has 2 aromatic rings. The van der Waals surface area contributed by atoms with E-state index >= 15 is 0 Å². The quantitative estimate of drug-likeness (QED) is 0.655. The lowest BCUT2D eigenvalue weighted by Gasteiger charge is -2.27. The van der Waals surface area contributed by atoms with E-state index in [-0.39, 0.29) is 23.9 Å². The number of hydrogen-bond donors (Lipinski definition) is 3. The van der Waals surface area contributed by atoms with E-state index in [0.29, 0.717) is 17.0 Å². The summed E-state index contributed by atoms with van der Waals surface area (Å²) in [5.74, 6) is 1.36. The molecule has 1 aliphatic heterocycles. The number of amides is 2. The minimum atomic E-state index is -0.290. The number of hydrogen-bond acceptors (Lipinski definition) is 4. The van der Waals surface area contributed by atoms with Gasteiger partial charge in [-0.1, -0.05) is 31.2 Å². The number of thioether (sulfide) groups is 1. The lowest BCUT2D eigenvalue weighted by molar-refractivity contribution is -0.116. The first kappa shape index (κ1) is 20.3. The maximum atomic E-state index is 12.5. The van der Waals surface area contributed by atoms with Crippen molar-refractivity contribution < 1.29 is 9.59 Å². The van der Waals surface area contributed by atoms with Gasteiger partial charge in [-0.15, -0.1) is 0 Å². The van der Waals surface area contributed by atoms with Crippen LogP contribution in [0, 0.1) is 6.92 Å². The van der Waals surface area contributed by atoms with Gasteiger partial charge >= 0.3 is 0 Å². The van der Waals surface area contributed by atoms with E-state index in [2.05, 4.69) is 35.0 Å². The van der Waals surface area contributed by atoms with Crippen molar-refractivity contribution in [2.45, 2.75) is 45.0 Å². The molecule has 0 fully saturated rings. The second-order valence-electron chi connectivity index (χ2n) is 7.17. The minimum absolute atomic E-state index is 0.0655. The SMILES string of the molecule is CCC(C)NC(=O)c1ccc2c(c1)NC(=O)C(CSCc1ccccc1C)N2. The Morgan fingerprint density at radius 3 is 2.75 bits per heavy atom. The summed E-state index contributed by atoms with van der Waals surface area (Å²) >= 11 is 1.74. The van der Waals surface area contributed by atoms with Gasteiger partial charge < -0.3 is 16.0 Å². The third kappa shape index (κ3) is 4.87. The zero-order chi connectivity index (χ0) is 20.1. The van der Waals surface area contributed by atoms with E-state index in [1.165, 1.54) is 11.1 Å². The molecule has 2 aromatic carbocycles. The number of fused-ring (bicyclic) bond motifs is 1. The summed E-state index contributed by atoms with van der Waals surface area (Å²) in [5.41, 5.74) is 4.61. The Hall–Kier alpha value is -2.47. The van der Waals surface area contributed by atoms with Crippen LogP contribution < -0.4 is 16.0 Å². The highest BCUT2D eigenvalue weighted by atomic mass is 32.2. The Kier molecular flexibility index (Phi) is 6.62. The predicted octanol–water partition coefficient (Wildman–Crippen LogP) is 4.19. The number of benzene rings is 2. The lowest BCUT2D eigenvalue weighted by Crippen LogP contribution is -2.40. The van der Waals surface area contributed by atoms with Crippen LogP contribution in [0.2, 0.25) is 0 Å². The standard InChI is InChI=1S/C22H27N3O2S/c1-4-15(3)23-21(26)16-9-10-18-19(11-16)25-22(27)20(24-18)13-28-12-17-8-6-5-7-14(17)2/h5-11,15,20,24H,4,12-13H2,1-3H3,(H,23,26)(H,25,27). The number of rotatable bonds is 7. The molecule has 6 heteroatoms. The van der Waals surface area contributed by atoms with Crippen molar-refractivity contribution in [2.24, 2.45) is 0 Å². The highest BCUT2D eigenvalue weighted by Gasteiger charge is 2.26. The predicted molar refractivity (Wildman–Crippen MR) is 117 cm³/mol. The van der Waals surface area contributed by atoms with Crippen LogP contribution in [0.15, 0.2) is 42.5 Å². The number of carbonyl (C=O) groups excluding carboxylic acids is 2. The molecule has 0 aromatic heterocycles. The Morgan fingerprint density at radius 1 is 1.21 bits per heavy atom. The molecule has 3 rings (SSSR count). The number of anilines is 2. The van der Waals surface area contributed by atoms with Crippen LogP contribution in [0.4, 0.5) is 11.4 Å². The normalized spacial score (nSPS) is 16.5. The molecule has 2 atom stereocenters. The molecule has 0 bridgehead atoms. The molecule has 2 unspecified atom stereocenters. The largest absolute Gasteiger partial charge is 0.371 e. The van der Waals surface area contributed by atoms with Gasteiger partial charge in [0.2, 0.25) is 5.91 Å². The molecule has 2 amide bonds. The van der Waals surface area contributed by atoms with E-state index in [9.17, 15) is 9.59 Å². The molecule has 0 spiro atoms.